The predicted octanol–water partition coefficient (Wildman–Crippen LogP) is 2.15. The Kier molecular flexibility index (Phi) is 5.15. The van der Waals surface area contributed by atoms with Crippen LogP contribution < -0.4 is 0 Å². The average Bonchev–Trinajstić information content (AvgIpc) is 2.93. The number of aromatic nitrogens is 3. The Hall–Kier alpha value is -1.92. The van der Waals surface area contributed by atoms with Crippen LogP contribution in [-0.4, -0.2) is 49.6 Å². The molecule has 1 aromatic carbocycles. The molecule has 6 nitrogen and oxygen atoms in total. The van der Waals surface area contributed by atoms with E-state index in [0.717, 1.165) is 0 Å². The monoisotopic (exact) mass is 322 g/mol. The van der Waals surface area contributed by atoms with Crippen LogP contribution in [0.3, 0.4) is 0 Å². The van der Waals surface area contributed by atoms with Crippen molar-refractivity contribution in [3.63, 3.8) is 0 Å². The molecule has 2 aromatic rings. The summed E-state index contributed by atoms with van der Waals surface area (Å²) in [6.45, 7) is 5.68. The molecule has 0 aliphatic heterocycles. The number of halogens is 1. The molecule has 7 heteroatoms. The van der Waals surface area contributed by atoms with Gasteiger partial charge < -0.3 is 10.0 Å². The van der Waals surface area contributed by atoms with Crippen molar-refractivity contribution in [1.82, 2.24) is 19.9 Å². The molecule has 0 spiro atoms. The number of amides is 1. The molecule has 0 saturated carbocycles. The minimum Gasteiger partial charge on any atom is -0.392 e. The number of rotatable bonds is 5. The molecule has 1 N–H and O–H groups in total. The first kappa shape index (κ1) is 16.5. The zero-order chi connectivity index (χ0) is 16.3. The van der Waals surface area contributed by atoms with Crippen LogP contribution in [0.15, 0.2) is 30.5 Å². The number of hydrogen-bond acceptors (Lipinski definition) is 4. The number of aliphatic hydroxyl groups is 1. The maximum Gasteiger partial charge on any atom is 0.276 e. The van der Waals surface area contributed by atoms with Gasteiger partial charge in [-0.15, -0.1) is 5.10 Å². The van der Waals surface area contributed by atoms with E-state index in [1.165, 1.54) is 11.0 Å². The minimum atomic E-state index is -0.602. The summed E-state index contributed by atoms with van der Waals surface area (Å²) in [5, 5.41) is 18.4. The fourth-order valence-corrected chi connectivity index (χ4v) is 2.23. The highest BCUT2D eigenvalue weighted by Crippen LogP contribution is 2.14. The lowest BCUT2D eigenvalue weighted by Gasteiger charge is -2.27. The molecule has 1 amide bonds. The van der Waals surface area contributed by atoms with Crippen LogP contribution in [0.5, 0.6) is 0 Å². The van der Waals surface area contributed by atoms with E-state index in [9.17, 15) is 9.90 Å². The standard InChI is InChI=1S/C15H19ClN4O2/c1-10(2)19(9-11(3)21)15(22)14-8-17-20(18-14)13-6-4-5-12(16)7-13/h4-8,10-11,21H,9H2,1-3H3. The molecule has 0 bridgehead atoms. The lowest BCUT2D eigenvalue weighted by atomic mass is 10.2. The quantitative estimate of drug-likeness (QED) is 0.915. The molecule has 118 valence electrons. The molecule has 1 unspecified atom stereocenters. The number of carbonyl (C=O) groups excluding carboxylic acids is 1. The number of nitrogens with zero attached hydrogens (tertiary/aromatic N) is 4. The summed E-state index contributed by atoms with van der Waals surface area (Å²) in [7, 11) is 0. The van der Waals surface area contributed by atoms with Crippen molar-refractivity contribution in [2.45, 2.75) is 32.9 Å². The van der Waals surface area contributed by atoms with Gasteiger partial charge in [0, 0.05) is 17.6 Å². The molecular formula is C15H19ClN4O2. The summed E-state index contributed by atoms with van der Waals surface area (Å²) < 4.78 is 0. The molecule has 1 heterocycles. The van der Waals surface area contributed by atoms with Gasteiger partial charge in [0.1, 0.15) is 0 Å². The second kappa shape index (κ2) is 6.89. The highest BCUT2D eigenvalue weighted by Gasteiger charge is 2.23. The molecular weight excluding hydrogens is 304 g/mol. The molecule has 0 aliphatic carbocycles. The third kappa shape index (κ3) is 3.84. The largest absolute Gasteiger partial charge is 0.392 e. The van der Waals surface area contributed by atoms with E-state index >= 15 is 0 Å². The van der Waals surface area contributed by atoms with E-state index in [1.807, 2.05) is 13.8 Å². The molecule has 0 fully saturated rings. The molecule has 2 rings (SSSR count). The van der Waals surface area contributed by atoms with Gasteiger partial charge in [0.15, 0.2) is 5.69 Å². The topological polar surface area (TPSA) is 71.2 Å². The summed E-state index contributed by atoms with van der Waals surface area (Å²) in [4.78, 5) is 15.4. The SMILES string of the molecule is CC(O)CN(C(=O)c1cnn(-c2cccc(Cl)c2)n1)C(C)C. The summed E-state index contributed by atoms with van der Waals surface area (Å²) in [6, 6.07) is 7.01. The van der Waals surface area contributed by atoms with Crippen molar-refractivity contribution in [3.8, 4) is 5.69 Å². The van der Waals surface area contributed by atoms with E-state index in [0.29, 0.717) is 10.7 Å². The summed E-state index contributed by atoms with van der Waals surface area (Å²) in [5.74, 6) is -0.260. The van der Waals surface area contributed by atoms with E-state index in [-0.39, 0.29) is 24.2 Å². The third-order valence-electron chi connectivity index (χ3n) is 3.10. The first-order valence-corrected chi connectivity index (χ1v) is 7.43. The van der Waals surface area contributed by atoms with Crippen LogP contribution in [-0.2, 0) is 0 Å². The minimum absolute atomic E-state index is 0.0431. The average molecular weight is 323 g/mol. The zero-order valence-corrected chi connectivity index (χ0v) is 13.5. The van der Waals surface area contributed by atoms with Crippen LogP contribution >= 0.6 is 11.6 Å². The first-order chi connectivity index (χ1) is 10.4. The fraction of sp³-hybridized carbons (Fsp3) is 0.400. The Morgan fingerprint density at radius 3 is 2.73 bits per heavy atom. The van der Waals surface area contributed by atoms with E-state index in [1.54, 1.807) is 36.1 Å². The van der Waals surface area contributed by atoms with Gasteiger partial charge in [-0.2, -0.15) is 9.90 Å². The Morgan fingerprint density at radius 2 is 2.14 bits per heavy atom. The first-order valence-electron chi connectivity index (χ1n) is 7.06. The summed E-state index contributed by atoms with van der Waals surface area (Å²) >= 11 is 5.94. The van der Waals surface area contributed by atoms with Crippen LogP contribution in [0.4, 0.5) is 0 Å². The van der Waals surface area contributed by atoms with Crippen molar-refractivity contribution in [3.05, 3.63) is 41.2 Å². The van der Waals surface area contributed by atoms with Crippen molar-refractivity contribution in [1.29, 1.82) is 0 Å². The molecule has 0 aliphatic rings. The fourth-order valence-electron chi connectivity index (χ4n) is 2.05. The van der Waals surface area contributed by atoms with Crippen LogP contribution in [0, 0.1) is 0 Å². The van der Waals surface area contributed by atoms with Gasteiger partial charge in [-0.05, 0) is 39.0 Å². The highest BCUT2D eigenvalue weighted by molar-refractivity contribution is 6.30. The lowest BCUT2D eigenvalue weighted by Crippen LogP contribution is -2.41. The van der Waals surface area contributed by atoms with Crippen molar-refractivity contribution < 1.29 is 9.90 Å². The molecule has 22 heavy (non-hydrogen) atoms. The predicted molar refractivity (Wildman–Crippen MR) is 84.2 cm³/mol. The van der Waals surface area contributed by atoms with Crippen LogP contribution in [0.1, 0.15) is 31.3 Å². The summed E-state index contributed by atoms with van der Waals surface area (Å²) in [5.41, 5.74) is 0.910. The second-order valence-corrected chi connectivity index (χ2v) is 5.84. The lowest BCUT2D eigenvalue weighted by molar-refractivity contribution is 0.0572. The maximum absolute atomic E-state index is 12.5. The molecule has 0 radical (unpaired) electrons. The van der Waals surface area contributed by atoms with Gasteiger partial charge >= 0.3 is 0 Å². The molecule has 0 saturated heterocycles. The Labute approximate surface area is 134 Å². The van der Waals surface area contributed by atoms with Gasteiger partial charge in [-0.25, -0.2) is 0 Å². The number of hydrogen-bond donors (Lipinski definition) is 1. The Morgan fingerprint density at radius 1 is 1.41 bits per heavy atom. The normalized spacial score (nSPS) is 12.5. The highest BCUT2D eigenvalue weighted by atomic mass is 35.5. The van der Waals surface area contributed by atoms with Crippen molar-refractivity contribution in [2.75, 3.05) is 6.54 Å². The Bertz CT molecular complexity index is 654. The van der Waals surface area contributed by atoms with Gasteiger partial charge in [0.05, 0.1) is 18.0 Å². The van der Waals surface area contributed by atoms with Gasteiger partial charge in [-0.3, -0.25) is 4.79 Å². The summed E-state index contributed by atoms with van der Waals surface area (Å²) in [6.07, 6.45) is 0.815. The van der Waals surface area contributed by atoms with Crippen LogP contribution in [0.2, 0.25) is 5.02 Å². The van der Waals surface area contributed by atoms with Crippen molar-refractivity contribution >= 4 is 17.5 Å². The second-order valence-electron chi connectivity index (χ2n) is 5.40. The van der Waals surface area contributed by atoms with E-state index < -0.39 is 6.10 Å². The van der Waals surface area contributed by atoms with Gasteiger partial charge in [0.25, 0.3) is 5.91 Å². The van der Waals surface area contributed by atoms with Gasteiger partial charge in [0.2, 0.25) is 0 Å². The zero-order valence-electron chi connectivity index (χ0n) is 12.8. The number of carbonyl (C=O) groups is 1. The van der Waals surface area contributed by atoms with Crippen LogP contribution in [0.25, 0.3) is 5.69 Å². The van der Waals surface area contributed by atoms with E-state index in [2.05, 4.69) is 10.2 Å². The molecule has 1 aromatic heterocycles. The Balaban J connectivity index is 2.24. The van der Waals surface area contributed by atoms with E-state index in [4.69, 9.17) is 11.6 Å². The maximum atomic E-state index is 12.5. The third-order valence-corrected chi connectivity index (χ3v) is 3.33. The number of aliphatic hydroxyl groups excluding tert-OH is 1. The molecule has 1 atom stereocenters. The van der Waals surface area contributed by atoms with Gasteiger partial charge in [-0.1, -0.05) is 17.7 Å². The van der Waals surface area contributed by atoms with Crippen molar-refractivity contribution in [2.24, 2.45) is 0 Å². The smallest absolute Gasteiger partial charge is 0.276 e. The number of benzene rings is 1.